The van der Waals surface area contributed by atoms with Crippen molar-refractivity contribution in [2.75, 3.05) is 25.3 Å². The van der Waals surface area contributed by atoms with Crippen LogP contribution in [0, 0.1) is 0 Å². The Morgan fingerprint density at radius 3 is 2.38 bits per heavy atom. The van der Waals surface area contributed by atoms with Crippen LogP contribution in [-0.2, 0) is 11.2 Å². The summed E-state index contributed by atoms with van der Waals surface area (Å²) in [6.07, 6.45) is 0.990. The molecule has 2 aromatic carbocycles. The van der Waals surface area contributed by atoms with Crippen LogP contribution in [0.25, 0.3) is 16.9 Å². The molecule has 0 aliphatic heterocycles. The number of hydrogen-bond acceptors (Lipinski definition) is 7. The number of methoxy groups -OCH3 is 2. The van der Waals surface area contributed by atoms with E-state index in [1.165, 1.54) is 17.3 Å². The molecule has 0 saturated heterocycles. The Bertz CT molecular complexity index is 1220. The zero-order valence-corrected chi connectivity index (χ0v) is 18.8. The second-order valence-electron chi connectivity index (χ2n) is 6.96. The maximum Gasteiger partial charge on any atom is 0.234 e. The number of aromatic nitrogens is 4. The summed E-state index contributed by atoms with van der Waals surface area (Å²) >= 11 is 1.27. The van der Waals surface area contributed by atoms with E-state index in [0.29, 0.717) is 28.0 Å². The fraction of sp³-hybridized carbons (Fsp3) is 0.217. The van der Waals surface area contributed by atoms with Gasteiger partial charge in [-0.1, -0.05) is 43.0 Å². The Balaban J connectivity index is 1.47. The molecule has 0 fully saturated rings. The third-order valence-corrected chi connectivity index (χ3v) is 5.78. The quantitative estimate of drug-likeness (QED) is 0.405. The Morgan fingerprint density at radius 1 is 1.00 bits per heavy atom. The summed E-state index contributed by atoms with van der Waals surface area (Å²) in [7, 11) is 3.12. The molecular formula is C23H23N5O3S. The van der Waals surface area contributed by atoms with E-state index in [2.05, 4.69) is 51.8 Å². The molecule has 0 spiro atoms. The molecule has 0 aliphatic rings. The lowest BCUT2D eigenvalue weighted by molar-refractivity contribution is -0.113. The largest absolute Gasteiger partial charge is 0.497 e. The molecule has 2 heterocycles. The lowest BCUT2D eigenvalue weighted by atomic mass is 10.1. The number of amides is 1. The van der Waals surface area contributed by atoms with Crippen LogP contribution in [0.15, 0.2) is 59.8 Å². The number of nitrogens with zero attached hydrogens (tertiary/aromatic N) is 4. The number of ether oxygens (including phenoxy) is 2. The fourth-order valence-corrected chi connectivity index (χ4v) is 3.82. The predicted octanol–water partition coefficient (Wildman–Crippen LogP) is 4.10. The molecule has 4 aromatic rings. The number of hydrogen-bond donors (Lipinski definition) is 1. The van der Waals surface area contributed by atoms with Gasteiger partial charge in [0.05, 0.1) is 25.7 Å². The van der Waals surface area contributed by atoms with Crippen molar-refractivity contribution >= 4 is 29.0 Å². The number of fused-ring (bicyclic) bond motifs is 1. The Kier molecular flexibility index (Phi) is 6.55. The summed E-state index contributed by atoms with van der Waals surface area (Å²) in [6, 6.07) is 17.3. The molecule has 1 amide bonds. The highest BCUT2D eigenvalue weighted by atomic mass is 32.2. The number of carbonyl (C=O) groups excluding carboxylic acids is 1. The van der Waals surface area contributed by atoms with E-state index in [-0.39, 0.29) is 11.7 Å². The van der Waals surface area contributed by atoms with Crippen LogP contribution in [0.4, 0.5) is 5.69 Å². The number of aryl methyl sites for hydroxylation is 1. The van der Waals surface area contributed by atoms with Gasteiger partial charge >= 0.3 is 0 Å². The smallest absolute Gasteiger partial charge is 0.234 e. The molecule has 0 unspecified atom stereocenters. The molecule has 164 valence electrons. The molecule has 0 radical (unpaired) electrons. The van der Waals surface area contributed by atoms with E-state index < -0.39 is 0 Å². The van der Waals surface area contributed by atoms with E-state index in [1.807, 2.05) is 12.1 Å². The fourth-order valence-electron chi connectivity index (χ4n) is 3.13. The van der Waals surface area contributed by atoms with Crippen molar-refractivity contribution in [2.45, 2.75) is 18.5 Å². The highest BCUT2D eigenvalue weighted by Crippen LogP contribution is 2.26. The average Bonchev–Trinajstić information content (AvgIpc) is 3.24. The third-order valence-electron chi connectivity index (χ3n) is 4.86. The molecule has 0 aliphatic carbocycles. The van der Waals surface area contributed by atoms with Crippen molar-refractivity contribution in [1.82, 2.24) is 19.8 Å². The molecule has 0 saturated carbocycles. The van der Waals surface area contributed by atoms with Crippen molar-refractivity contribution in [3.8, 4) is 22.8 Å². The van der Waals surface area contributed by atoms with Gasteiger partial charge in [-0.25, -0.2) is 0 Å². The highest BCUT2D eigenvalue weighted by Gasteiger charge is 2.13. The van der Waals surface area contributed by atoms with Gasteiger partial charge in [0.25, 0.3) is 0 Å². The summed E-state index contributed by atoms with van der Waals surface area (Å²) in [5.74, 6) is 1.16. The first-order valence-corrected chi connectivity index (χ1v) is 11.1. The van der Waals surface area contributed by atoms with Gasteiger partial charge in [-0.15, -0.1) is 10.2 Å². The number of rotatable bonds is 8. The SMILES string of the molecule is CCc1ccc(-c2ccc3nnc(SCC(=O)Nc4cc(OC)cc(OC)c4)n3n2)cc1. The molecule has 0 atom stereocenters. The van der Waals surface area contributed by atoms with Crippen molar-refractivity contribution in [2.24, 2.45) is 0 Å². The molecule has 2 aromatic heterocycles. The van der Waals surface area contributed by atoms with Crippen molar-refractivity contribution < 1.29 is 14.3 Å². The molecule has 0 bridgehead atoms. The standard InChI is InChI=1S/C23H23N5O3S/c1-4-15-5-7-16(8-6-15)20-9-10-21-25-26-23(28(21)27-20)32-14-22(29)24-17-11-18(30-2)13-19(12-17)31-3/h5-13H,4,14H2,1-3H3,(H,24,29). The van der Waals surface area contributed by atoms with Crippen LogP contribution >= 0.6 is 11.8 Å². The van der Waals surface area contributed by atoms with Crippen molar-refractivity contribution in [1.29, 1.82) is 0 Å². The first-order chi connectivity index (χ1) is 15.6. The van der Waals surface area contributed by atoms with E-state index >= 15 is 0 Å². The van der Waals surface area contributed by atoms with E-state index in [0.717, 1.165) is 17.7 Å². The lowest BCUT2D eigenvalue weighted by Crippen LogP contribution is -2.14. The van der Waals surface area contributed by atoms with Gasteiger partial charge in [0.2, 0.25) is 11.1 Å². The predicted molar refractivity (Wildman–Crippen MR) is 124 cm³/mol. The third kappa shape index (κ3) is 4.83. The summed E-state index contributed by atoms with van der Waals surface area (Å²) in [4.78, 5) is 12.5. The topological polar surface area (TPSA) is 90.6 Å². The van der Waals surface area contributed by atoms with Gasteiger partial charge < -0.3 is 14.8 Å². The van der Waals surface area contributed by atoms with Crippen LogP contribution in [0.1, 0.15) is 12.5 Å². The van der Waals surface area contributed by atoms with Crippen molar-refractivity contribution in [3.63, 3.8) is 0 Å². The van der Waals surface area contributed by atoms with E-state index in [1.54, 1.807) is 36.9 Å². The van der Waals surface area contributed by atoms with Crippen LogP contribution in [0.2, 0.25) is 0 Å². The van der Waals surface area contributed by atoms with Gasteiger partial charge in [0.1, 0.15) is 11.5 Å². The van der Waals surface area contributed by atoms with Gasteiger partial charge in [0.15, 0.2) is 5.65 Å². The first-order valence-electron chi connectivity index (χ1n) is 10.1. The van der Waals surface area contributed by atoms with E-state index in [9.17, 15) is 4.79 Å². The number of anilines is 1. The summed E-state index contributed by atoms with van der Waals surface area (Å²) in [5, 5.41) is 16.4. The number of thioether (sulfide) groups is 1. The van der Waals surface area contributed by atoms with E-state index in [4.69, 9.17) is 9.47 Å². The zero-order valence-electron chi connectivity index (χ0n) is 18.0. The Labute approximate surface area is 190 Å². The minimum Gasteiger partial charge on any atom is -0.497 e. The number of nitrogens with one attached hydrogen (secondary N) is 1. The van der Waals surface area contributed by atoms with Crippen LogP contribution in [-0.4, -0.2) is 45.7 Å². The summed E-state index contributed by atoms with van der Waals surface area (Å²) in [5.41, 5.74) is 4.32. The summed E-state index contributed by atoms with van der Waals surface area (Å²) < 4.78 is 12.1. The number of benzene rings is 2. The van der Waals surface area contributed by atoms with Gasteiger partial charge in [-0.05, 0) is 24.1 Å². The second kappa shape index (κ2) is 9.69. The van der Waals surface area contributed by atoms with Gasteiger partial charge in [-0.2, -0.15) is 9.61 Å². The Morgan fingerprint density at radius 2 is 1.72 bits per heavy atom. The molecule has 1 N–H and O–H groups in total. The molecule has 32 heavy (non-hydrogen) atoms. The molecule has 9 heteroatoms. The maximum absolute atomic E-state index is 12.5. The molecule has 8 nitrogen and oxygen atoms in total. The summed E-state index contributed by atoms with van der Waals surface area (Å²) in [6.45, 7) is 2.13. The lowest BCUT2D eigenvalue weighted by Gasteiger charge is -2.09. The van der Waals surface area contributed by atoms with Crippen molar-refractivity contribution in [3.05, 3.63) is 60.2 Å². The van der Waals surface area contributed by atoms with Gasteiger partial charge in [0, 0.05) is 29.4 Å². The molecule has 4 rings (SSSR count). The minimum atomic E-state index is -0.187. The highest BCUT2D eigenvalue weighted by molar-refractivity contribution is 7.99. The monoisotopic (exact) mass is 449 g/mol. The van der Waals surface area contributed by atoms with Crippen LogP contribution in [0.5, 0.6) is 11.5 Å². The average molecular weight is 450 g/mol. The molecular weight excluding hydrogens is 426 g/mol. The first kappa shape index (κ1) is 21.6. The van der Waals surface area contributed by atoms with Gasteiger partial charge in [-0.3, -0.25) is 4.79 Å². The normalized spacial score (nSPS) is 10.8. The minimum absolute atomic E-state index is 0.150. The Hall–Kier alpha value is -3.59. The van der Waals surface area contributed by atoms with Crippen LogP contribution < -0.4 is 14.8 Å². The number of carbonyl (C=O) groups is 1. The second-order valence-corrected chi connectivity index (χ2v) is 7.90. The zero-order chi connectivity index (χ0) is 22.5. The maximum atomic E-state index is 12.5. The van der Waals surface area contributed by atoms with Crippen LogP contribution in [0.3, 0.4) is 0 Å².